The van der Waals surface area contributed by atoms with Crippen molar-refractivity contribution in [3.63, 3.8) is 0 Å². The molecule has 1 unspecified atom stereocenters. The number of hydrogen-bond donors (Lipinski definition) is 3. The topological polar surface area (TPSA) is 61.4 Å². The third-order valence-electron chi connectivity index (χ3n) is 3.96. The molecule has 0 bridgehead atoms. The van der Waals surface area contributed by atoms with E-state index in [1.165, 1.54) is 0 Å². The van der Waals surface area contributed by atoms with Gasteiger partial charge in [-0.1, -0.05) is 66.7 Å². The van der Waals surface area contributed by atoms with Crippen molar-refractivity contribution in [2.24, 2.45) is 0 Å². The summed E-state index contributed by atoms with van der Waals surface area (Å²) in [7, 11) is 0. The molecule has 1 amide bonds. The summed E-state index contributed by atoms with van der Waals surface area (Å²) < 4.78 is 0. The quantitative estimate of drug-likeness (QED) is 0.654. The number of amides is 1. The first-order valence-electron chi connectivity index (χ1n) is 7.95. The Morgan fingerprint density at radius 3 is 2.42 bits per heavy atom. The first kappa shape index (κ1) is 16.2. The summed E-state index contributed by atoms with van der Waals surface area (Å²) in [5.74, 6) is -0.138. The molecule has 1 atom stereocenters. The Morgan fingerprint density at radius 2 is 1.62 bits per heavy atom. The van der Waals surface area contributed by atoms with E-state index in [-0.39, 0.29) is 25.1 Å². The molecule has 3 rings (SSSR count). The lowest BCUT2D eigenvalue weighted by Gasteiger charge is -2.16. The maximum Gasteiger partial charge on any atom is 0.238 e. The second-order valence-corrected chi connectivity index (χ2v) is 5.60. The molecule has 4 heteroatoms. The minimum atomic E-state index is -0.260. The fourth-order valence-electron chi connectivity index (χ4n) is 2.72. The lowest BCUT2D eigenvalue weighted by atomic mass is 10.1. The van der Waals surface area contributed by atoms with Gasteiger partial charge in [0.2, 0.25) is 5.91 Å². The Hall–Kier alpha value is -2.69. The number of benzene rings is 3. The van der Waals surface area contributed by atoms with Crippen LogP contribution in [0.3, 0.4) is 0 Å². The summed E-state index contributed by atoms with van der Waals surface area (Å²) in [5, 5.41) is 17.6. The SMILES string of the molecule is O=C(CNC(CO)c1ccccc1)Nc1cccc2ccccc12. The molecule has 0 saturated carbocycles. The fraction of sp³-hybridized carbons (Fsp3) is 0.150. The van der Waals surface area contributed by atoms with Gasteiger partial charge in [-0.15, -0.1) is 0 Å². The lowest BCUT2D eigenvalue weighted by Crippen LogP contribution is -2.33. The predicted molar refractivity (Wildman–Crippen MR) is 96.8 cm³/mol. The Balaban J connectivity index is 1.65. The number of hydrogen-bond acceptors (Lipinski definition) is 3. The van der Waals surface area contributed by atoms with Gasteiger partial charge in [0.05, 0.1) is 19.2 Å². The molecule has 122 valence electrons. The van der Waals surface area contributed by atoms with Gasteiger partial charge in [-0.3, -0.25) is 10.1 Å². The van der Waals surface area contributed by atoms with Crippen LogP contribution in [-0.4, -0.2) is 24.2 Å². The zero-order valence-electron chi connectivity index (χ0n) is 13.3. The van der Waals surface area contributed by atoms with Gasteiger partial charge in [0.15, 0.2) is 0 Å². The molecule has 0 aliphatic rings. The van der Waals surface area contributed by atoms with E-state index >= 15 is 0 Å². The molecule has 0 aliphatic carbocycles. The maximum absolute atomic E-state index is 12.3. The Bertz CT molecular complexity index is 813. The number of rotatable bonds is 6. The van der Waals surface area contributed by atoms with Crippen molar-refractivity contribution in [1.82, 2.24) is 5.32 Å². The van der Waals surface area contributed by atoms with Crippen molar-refractivity contribution in [1.29, 1.82) is 0 Å². The maximum atomic E-state index is 12.3. The van der Waals surface area contributed by atoms with Crippen LogP contribution in [0.5, 0.6) is 0 Å². The van der Waals surface area contributed by atoms with E-state index in [1.54, 1.807) is 0 Å². The van der Waals surface area contributed by atoms with E-state index in [2.05, 4.69) is 10.6 Å². The van der Waals surface area contributed by atoms with Crippen LogP contribution in [0.15, 0.2) is 72.8 Å². The molecule has 0 fully saturated rings. The third kappa shape index (κ3) is 3.79. The van der Waals surface area contributed by atoms with E-state index in [1.807, 2.05) is 72.8 Å². The molecular weight excluding hydrogens is 300 g/mol. The molecule has 3 aromatic carbocycles. The molecule has 0 aliphatic heterocycles. The molecule has 0 aromatic heterocycles. The summed E-state index contributed by atoms with van der Waals surface area (Å²) in [6.45, 7) is 0.0644. The van der Waals surface area contributed by atoms with Gasteiger partial charge in [-0.05, 0) is 17.0 Å². The van der Waals surface area contributed by atoms with Gasteiger partial charge in [-0.2, -0.15) is 0 Å². The fourth-order valence-corrected chi connectivity index (χ4v) is 2.72. The van der Waals surface area contributed by atoms with Gasteiger partial charge in [0, 0.05) is 11.1 Å². The average Bonchev–Trinajstić information content (AvgIpc) is 2.63. The number of aliphatic hydroxyl groups is 1. The first-order chi connectivity index (χ1) is 11.8. The van der Waals surface area contributed by atoms with Crippen LogP contribution in [0, 0.1) is 0 Å². The average molecular weight is 320 g/mol. The number of anilines is 1. The molecule has 24 heavy (non-hydrogen) atoms. The molecule has 0 saturated heterocycles. The number of carbonyl (C=O) groups excluding carboxylic acids is 1. The minimum Gasteiger partial charge on any atom is -0.394 e. The second kappa shape index (κ2) is 7.73. The molecule has 0 heterocycles. The van der Waals surface area contributed by atoms with Crippen LogP contribution in [0.25, 0.3) is 10.8 Å². The third-order valence-corrected chi connectivity index (χ3v) is 3.96. The first-order valence-corrected chi connectivity index (χ1v) is 7.95. The van der Waals surface area contributed by atoms with E-state index in [4.69, 9.17) is 0 Å². The molecular formula is C20H20N2O2. The van der Waals surface area contributed by atoms with Gasteiger partial charge in [-0.25, -0.2) is 0 Å². The molecule has 0 spiro atoms. The highest BCUT2D eigenvalue weighted by Gasteiger charge is 2.12. The zero-order chi connectivity index (χ0) is 16.8. The predicted octanol–water partition coefficient (Wildman–Crippen LogP) is 3.10. The number of fused-ring (bicyclic) bond motifs is 1. The molecule has 3 aromatic rings. The van der Waals surface area contributed by atoms with Crippen LogP contribution in [-0.2, 0) is 4.79 Å². The molecule has 3 N–H and O–H groups in total. The summed E-state index contributed by atoms with van der Waals surface area (Å²) in [5.41, 5.74) is 1.75. The van der Waals surface area contributed by atoms with Crippen LogP contribution < -0.4 is 10.6 Å². The van der Waals surface area contributed by atoms with Crippen LogP contribution in [0.1, 0.15) is 11.6 Å². The summed E-state index contributed by atoms with van der Waals surface area (Å²) in [6, 6.07) is 23.1. The van der Waals surface area contributed by atoms with Gasteiger partial charge >= 0.3 is 0 Å². The van der Waals surface area contributed by atoms with E-state index in [0.29, 0.717) is 0 Å². The van der Waals surface area contributed by atoms with E-state index in [0.717, 1.165) is 22.0 Å². The highest BCUT2D eigenvalue weighted by molar-refractivity contribution is 6.02. The highest BCUT2D eigenvalue weighted by atomic mass is 16.3. The van der Waals surface area contributed by atoms with Gasteiger partial charge < -0.3 is 10.4 Å². The Kier molecular flexibility index (Phi) is 5.21. The van der Waals surface area contributed by atoms with Gasteiger partial charge in [0.1, 0.15) is 0 Å². The van der Waals surface area contributed by atoms with Crippen molar-refractivity contribution in [2.45, 2.75) is 6.04 Å². The van der Waals surface area contributed by atoms with Crippen molar-refractivity contribution >= 4 is 22.4 Å². The monoisotopic (exact) mass is 320 g/mol. The van der Waals surface area contributed by atoms with Crippen LogP contribution in [0.4, 0.5) is 5.69 Å². The molecule has 4 nitrogen and oxygen atoms in total. The second-order valence-electron chi connectivity index (χ2n) is 5.60. The lowest BCUT2D eigenvalue weighted by molar-refractivity contribution is -0.115. The zero-order valence-corrected chi connectivity index (χ0v) is 13.3. The van der Waals surface area contributed by atoms with Crippen molar-refractivity contribution in [2.75, 3.05) is 18.5 Å². The van der Waals surface area contributed by atoms with Crippen molar-refractivity contribution in [3.8, 4) is 0 Å². The van der Waals surface area contributed by atoms with Gasteiger partial charge in [0.25, 0.3) is 0 Å². The number of carbonyl (C=O) groups is 1. The summed E-state index contributed by atoms with van der Waals surface area (Å²) in [6.07, 6.45) is 0. The largest absolute Gasteiger partial charge is 0.394 e. The highest BCUT2D eigenvalue weighted by Crippen LogP contribution is 2.22. The van der Waals surface area contributed by atoms with Crippen LogP contribution >= 0.6 is 0 Å². The number of nitrogens with one attached hydrogen (secondary N) is 2. The van der Waals surface area contributed by atoms with E-state index in [9.17, 15) is 9.90 Å². The number of aliphatic hydroxyl groups excluding tert-OH is 1. The smallest absolute Gasteiger partial charge is 0.238 e. The minimum absolute atomic E-state index is 0.0639. The normalized spacial score (nSPS) is 12.0. The Labute approximate surface area is 141 Å². The Morgan fingerprint density at radius 1 is 0.917 bits per heavy atom. The van der Waals surface area contributed by atoms with Crippen LogP contribution in [0.2, 0.25) is 0 Å². The summed E-state index contributed by atoms with van der Waals surface area (Å²) >= 11 is 0. The van der Waals surface area contributed by atoms with Crippen molar-refractivity contribution in [3.05, 3.63) is 78.4 Å². The standard InChI is InChI=1S/C20H20N2O2/c23-14-19(16-8-2-1-3-9-16)21-13-20(24)22-18-12-6-10-15-7-4-5-11-17(15)18/h1-12,19,21,23H,13-14H2,(H,22,24). The molecule has 0 radical (unpaired) electrons. The van der Waals surface area contributed by atoms with E-state index < -0.39 is 0 Å². The van der Waals surface area contributed by atoms with Crippen molar-refractivity contribution < 1.29 is 9.90 Å². The summed E-state index contributed by atoms with van der Waals surface area (Å²) in [4.78, 5) is 12.3.